The summed E-state index contributed by atoms with van der Waals surface area (Å²) < 4.78 is 27.1. The minimum Gasteiger partial charge on any atom is -0.378 e. The van der Waals surface area contributed by atoms with Gasteiger partial charge in [0.2, 0.25) is 0 Å². The molecule has 5 rings (SSSR count). The predicted octanol–water partition coefficient (Wildman–Crippen LogP) is 5.87. The number of halogens is 2. The zero-order valence-corrected chi connectivity index (χ0v) is 20.5. The molecule has 2 N–H and O–H groups in total. The lowest BCUT2D eigenvalue weighted by atomic mass is 9.88. The molecule has 35 heavy (non-hydrogen) atoms. The largest absolute Gasteiger partial charge is 0.378 e. The van der Waals surface area contributed by atoms with Crippen molar-refractivity contribution in [2.75, 3.05) is 38.2 Å². The first kappa shape index (κ1) is 24.0. The molecule has 0 unspecified atom stereocenters. The van der Waals surface area contributed by atoms with Gasteiger partial charge in [-0.05, 0) is 55.5 Å². The predicted molar refractivity (Wildman–Crippen MR) is 141 cm³/mol. The first-order valence-corrected chi connectivity index (χ1v) is 12.8. The van der Waals surface area contributed by atoms with Crippen LogP contribution in [0.25, 0.3) is 10.9 Å². The molecule has 0 bridgehead atoms. The topological polar surface area (TPSA) is 34.3 Å². The van der Waals surface area contributed by atoms with Crippen LogP contribution in [0.15, 0.2) is 61.2 Å². The number of alkyl halides is 2. The van der Waals surface area contributed by atoms with Gasteiger partial charge in [0, 0.05) is 54.5 Å². The molecular weight excluding hydrogens is 442 g/mol. The highest BCUT2D eigenvalue weighted by molar-refractivity contribution is 5.85. The zero-order chi connectivity index (χ0) is 24.4. The summed E-state index contributed by atoms with van der Waals surface area (Å²) in [6, 6.07) is 17.3. The molecule has 0 aliphatic carbocycles. The van der Waals surface area contributed by atoms with E-state index in [1.165, 1.54) is 27.7 Å². The van der Waals surface area contributed by atoms with Crippen LogP contribution >= 0.6 is 0 Å². The second-order valence-corrected chi connectivity index (χ2v) is 10.0. The Balaban J connectivity index is 1.40. The lowest BCUT2D eigenvalue weighted by Gasteiger charge is -2.41. The van der Waals surface area contributed by atoms with Crippen molar-refractivity contribution >= 4 is 16.6 Å². The fraction of sp³-hybridized carbons (Fsp3) is 0.448. The van der Waals surface area contributed by atoms with E-state index in [1.54, 1.807) is 0 Å². The van der Waals surface area contributed by atoms with Crippen LogP contribution in [0.4, 0.5) is 14.5 Å². The molecule has 4 atom stereocenters. The van der Waals surface area contributed by atoms with Gasteiger partial charge in [-0.15, -0.1) is 6.58 Å². The van der Waals surface area contributed by atoms with Crippen LogP contribution in [-0.2, 0) is 6.42 Å². The minimum absolute atomic E-state index is 0.131. The lowest BCUT2D eigenvalue weighted by molar-refractivity contribution is 0.152. The maximum Gasteiger partial charge on any atom is 0.134 e. The Morgan fingerprint density at radius 1 is 1.11 bits per heavy atom. The van der Waals surface area contributed by atoms with Crippen molar-refractivity contribution in [1.29, 1.82) is 0 Å². The molecule has 2 aliphatic heterocycles. The van der Waals surface area contributed by atoms with Gasteiger partial charge in [0.05, 0.1) is 18.8 Å². The third kappa shape index (κ3) is 4.87. The SMILES string of the molecule is C=CCCN1[C@H](c2ccc(N[C@@H]3CN(CCCF)C[C@@H]3F)cc2)c2[nH]c3ccccc3c2C[C@H]1C. The number of fused-ring (bicyclic) bond motifs is 3. The second-order valence-electron chi connectivity index (χ2n) is 10.0. The van der Waals surface area contributed by atoms with E-state index < -0.39 is 6.17 Å². The molecule has 0 spiro atoms. The summed E-state index contributed by atoms with van der Waals surface area (Å²) >= 11 is 0. The third-order valence-electron chi connectivity index (χ3n) is 7.62. The quantitative estimate of drug-likeness (QED) is 0.377. The molecule has 0 saturated carbocycles. The molecule has 2 aromatic carbocycles. The summed E-state index contributed by atoms with van der Waals surface area (Å²) in [5.41, 5.74) is 6.02. The van der Waals surface area contributed by atoms with Crippen molar-refractivity contribution in [3.8, 4) is 0 Å². The van der Waals surface area contributed by atoms with Gasteiger partial charge >= 0.3 is 0 Å². The van der Waals surface area contributed by atoms with Crippen molar-refractivity contribution in [3.05, 3.63) is 78.0 Å². The number of aromatic amines is 1. The highest BCUT2D eigenvalue weighted by Crippen LogP contribution is 2.41. The molecule has 1 saturated heterocycles. The highest BCUT2D eigenvalue weighted by atomic mass is 19.1. The van der Waals surface area contributed by atoms with Gasteiger partial charge in [-0.1, -0.05) is 36.4 Å². The molecule has 3 heterocycles. The van der Waals surface area contributed by atoms with Gasteiger partial charge in [0.1, 0.15) is 6.17 Å². The molecule has 4 nitrogen and oxygen atoms in total. The van der Waals surface area contributed by atoms with E-state index in [2.05, 4.69) is 77.2 Å². The smallest absolute Gasteiger partial charge is 0.134 e. The van der Waals surface area contributed by atoms with E-state index in [1.807, 2.05) is 11.0 Å². The molecule has 3 aromatic rings. The third-order valence-corrected chi connectivity index (χ3v) is 7.62. The number of likely N-dealkylation sites (tertiary alicyclic amines) is 1. The fourth-order valence-electron chi connectivity index (χ4n) is 5.87. The molecular formula is C29H36F2N4. The van der Waals surface area contributed by atoms with E-state index in [-0.39, 0.29) is 18.8 Å². The molecule has 0 amide bonds. The number of nitrogens with zero attached hydrogens (tertiary/aromatic N) is 2. The summed E-state index contributed by atoms with van der Waals surface area (Å²) in [6.07, 6.45) is 3.46. The Labute approximate surface area is 207 Å². The van der Waals surface area contributed by atoms with Crippen LogP contribution in [0, 0.1) is 0 Å². The molecule has 6 heteroatoms. The first-order valence-electron chi connectivity index (χ1n) is 12.8. The Bertz CT molecular complexity index is 1140. The van der Waals surface area contributed by atoms with E-state index in [0.29, 0.717) is 32.1 Å². The van der Waals surface area contributed by atoms with Crippen molar-refractivity contribution in [2.45, 2.75) is 50.5 Å². The number of para-hydroxylation sites is 1. The van der Waals surface area contributed by atoms with Gasteiger partial charge in [-0.25, -0.2) is 4.39 Å². The van der Waals surface area contributed by atoms with Crippen molar-refractivity contribution < 1.29 is 8.78 Å². The Kier molecular flexibility index (Phi) is 7.21. The van der Waals surface area contributed by atoms with Gasteiger partial charge in [-0.3, -0.25) is 14.2 Å². The van der Waals surface area contributed by atoms with Crippen LogP contribution in [0.5, 0.6) is 0 Å². The number of hydrogen-bond acceptors (Lipinski definition) is 3. The average molecular weight is 479 g/mol. The number of aromatic nitrogens is 1. The van der Waals surface area contributed by atoms with Crippen LogP contribution < -0.4 is 5.32 Å². The Hall–Kier alpha value is -2.70. The monoisotopic (exact) mass is 478 g/mol. The van der Waals surface area contributed by atoms with Crippen molar-refractivity contribution in [2.24, 2.45) is 0 Å². The summed E-state index contributed by atoms with van der Waals surface area (Å²) in [6.45, 7) is 8.44. The van der Waals surface area contributed by atoms with E-state index in [4.69, 9.17) is 0 Å². The van der Waals surface area contributed by atoms with Crippen molar-refractivity contribution in [1.82, 2.24) is 14.8 Å². The second kappa shape index (κ2) is 10.5. The molecule has 1 aromatic heterocycles. The number of hydrogen-bond donors (Lipinski definition) is 2. The molecule has 2 aliphatic rings. The fourth-order valence-corrected chi connectivity index (χ4v) is 5.87. The maximum atomic E-state index is 14.6. The van der Waals surface area contributed by atoms with Gasteiger partial charge in [0.25, 0.3) is 0 Å². The molecule has 1 fully saturated rings. The summed E-state index contributed by atoms with van der Waals surface area (Å²) in [7, 11) is 0. The number of rotatable bonds is 9. The van der Waals surface area contributed by atoms with E-state index >= 15 is 0 Å². The standard InChI is InChI=1S/C29H36F2N4/c1-3-4-16-35-20(2)17-24-23-8-5-6-9-26(23)33-28(24)29(35)21-10-12-22(13-11-21)32-27-19-34(15-7-14-30)18-25(27)31/h3,5-6,8-13,20,25,27,29,32-33H,1,4,7,14-19H2,2H3/t20-,25+,27-,29-/m1/s1. The van der Waals surface area contributed by atoms with Crippen molar-refractivity contribution in [3.63, 3.8) is 0 Å². The van der Waals surface area contributed by atoms with Crippen LogP contribution in [0.1, 0.15) is 42.6 Å². The summed E-state index contributed by atoms with van der Waals surface area (Å²) in [4.78, 5) is 8.30. The summed E-state index contributed by atoms with van der Waals surface area (Å²) in [5.74, 6) is 0. The highest BCUT2D eigenvalue weighted by Gasteiger charge is 2.36. The van der Waals surface area contributed by atoms with Gasteiger partial charge in [0.15, 0.2) is 0 Å². The first-order chi connectivity index (χ1) is 17.1. The summed E-state index contributed by atoms with van der Waals surface area (Å²) in [5, 5.41) is 4.69. The average Bonchev–Trinajstić information content (AvgIpc) is 3.41. The van der Waals surface area contributed by atoms with E-state index in [0.717, 1.165) is 25.1 Å². The molecule has 0 radical (unpaired) electrons. The van der Waals surface area contributed by atoms with Crippen LogP contribution in [-0.4, -0.2) is 65.9 Å². The number of benzene rings is 2. The van der Waals surface area contributed by atoms with Crippen LogP contribution in [0.2, 0.25) is 0 Å². The van der Waals surface area contributed by atoms with E-state index in [9.17, 15) is 8.78 Å². The molecule has 186 valence electrons. The minimum atomic E-state index is -0.947. The van der Waals surface area contributed by atoms with Gasteiger partial charge in [-0.2, -0.15) is 0 Å². The number of anilines is 1. The normalized spacial score (nSPS) is 25.1. The number of nitrogens with one attached hydrogen (secondary N) is 2. The van der Waals surface area contributed by atoms with Crippen LogP contribution in [0.3, 0.4) is 0 Å². The Morgan fingerprint density at radius 2 is 1.91 bits per heavy atom. The maximum absolute atomic E-state index is 14.6. The zero-order valence-electron chi connectivity index (χ0n) is 20.5. The van der Waals surface area contributed by atoms with Gasteiger partial charge < -0.3 is 10.3 Å². The number of H-pyrrole nitrogens is 1. The Morgan fingerprint density at radius 3 is 2.69 bits per heavy atom. The lowest BCUT2D eigenvalue weighted by Crippen LogP contribution is -2.43.